The van der Waals surface area contributed by atoms with Gasteiger partial charge >= 0.3 is 11.9 Å². The Morgan fingerprint density at radius 3 is 2.38 bits per heavy atom. The third-order valence-corrected chi connectivity index (χ3v) is 1.60. The van der Waals surface area contributed by atoms with Crippen LogP contribution >= 0.6 is 0 Å². The van der Waals surface area contributed by atoms with E-state index in [2.05, 4.69) is 5.92 Å². The molecular weight excluding hydrogens is 208 g/mol. The highest BCUT2D eigenvalue weighted by atomic mass is 16.5. The van der Waals surface area contributed by atoms with Gasteiger partial charge in [0.25, 0.3) is 0 Å². The van der Waals surface area contributed by atoms with E-state index in [9.17, 15) is 9.59 Å². The number of hydrogen-bond donors (Lipinski definition) is 1. The van der Waals surface area contributed by atoms with Crippen molar-refractivity contribution in [3.63, 3.8) is 0 Å². The fraction of sp³-hybridized carbons (Fsp3) is 0. The van der Waals surface area contributed by atoms with Crippen LogP contribution in [0, 0.1) is 12.3 Å². The maximum absolute atomic E-state index is 11.1. The normalized spacial score (nSPS) is 9.69. The number of terminal acetylenes is 1. The number of ether oxygens (including phenoxy) is 1. The minimum absolute atomic E-state index is 0.305. The summed E-state index contributed by atoms with van der Waals surface area (Å²) in [5.41, 5.74) is 0.667. The quantitative estimate of drug-likeness (QED) is 0.357. The molecule has 80 valence electrons. The van der Waals surface area contributed by atoms with Crippen molar-refractivity contribution in [1.29, 1.82) is 0 Å². The van der Waals surface area contributed by atoms with Gasteiger partial charge in [-0.05, 0) is 24.3 Å². The largest absolute Gasteiger partial charge is 0.478 e. The smallest absolute Gasteiger partial charge is 0.336 e. The Morgan fingerprint density at radius 1 is 1.25 bits per heavy atom. The summed E-state index contributed by atoms with van der Waals surface area (Å²) in [7, 11) is 0. The average molecular weight is 216 g/mol. The molecule has 0 unspecified atom stereocenters. The number of carbonyl (C=O) groups is 2. The van der Waals surface area contributed by atoms with Gasteiger partial charge in [0, 0.05) is 17.7 Å². The summed E-state index contributed by atoms with van der Waals surface area (Å²) in [5, 5.41) is 8.28. The molecule has 1 aromatic rings. The molecule has 0 spiro atoms. The second-order valence-corrected chi connectivity index (χ2v) is 2.76. The second-order valence-electron chi connectivity index (χ2n) is 2.76. The molecule has 0 amide bonds. The highest BCUT2D eigenvalue weighted by Gasteiger charge is 2.00. The fourth-order valence-corrected chi connectivity index (χ4v) is 0.909. The lowest BCUT2D eigenvalue weighted by Gasteiger charge is -2.00. The van der Waals surface area contributed by atoms with Gasteiger partial charge in [0.05, 0.1) is 0 Å². The van der Waals surface area contributed by atoms with E-state index in [1.807, 2.05) is 0 Å². The Labute approximate surface area is 92.2 Å². The number of hydrogen-bond acceptors (Lipinski definition) is 3. The van der Waals surface area contributed by atoms with Gasteiger partial charge in [-0.25, -0.2) is 9.59 Å². The molecule has 1 N–H and O–H groups in total. The molecule has 4 heteroatoms. The summed E-state index contributed by atoms with van der Waals surface area (Å²) < 4.78 is 4.81. The van der Waals surface area contributed by atoms with Crippen molar-refractivity contribution in [1.82, 2.24) is 0 Å². The van der Waals surface area contributed by atoms with Crippen molar-refractivity contribution in [3.05, 3.63) is 42.0 Å². The first-order chi connectivity index (χ1) is 7.61. The van der Waals surface area contributed by atoms with Gasteiger partial charge in [-0.2, -0.15) is 0 Å². The van der Waals surface area contributed by atoms with E-state index in [0.29, 0.717) is 17.4 Å². The van der Waals surface area contributed by atoms with E-state index >= 15 is 0 Å². The SMILES string of the molecule is C#Cc1ccc(OC(=O)/C=C\C(=O)O)cc1. The van der Waals surface area contributed by atoms with Crippen molar-refractivity contribution >= 4 is 11.9 Å². The molecule has 0 aliphatic heterocycles. The van der Waals surface area contributed by atoms with Crippen LogP contribution in [0.25, 0.3) is 0 Å². The number of esters is 1. The number of aliphatic carboxylic acids is 1. The van der Waals surface area contributed by atoms with E-state index in [1.165, 1.54) is 12.1 Å². The standard InChI is InChI=1S/C12H8O4/c1-2-9-3-5-10(6-4-9)16-12(15)8-7-11(13)14/h1,3-8H,(H,13,14)/b8-7-. The highest BCUT2D eigenvalue weighted by molar-refractivity contribution is 5.91. The molecule has 16 heavy (non-hydrogen) atoms. The van der Waals surface area contributed by atoms with Crippen molar-refractivity contribution in [2.24, 2.45) is 0 Å². The van der Waals surface area contributed by atoms with E-state index in [0.717, 1.165) is 6.08 Å². The summed E-state index contributed by atoms with van der Waals surface area (Å²) in [4.78, 5) is 21.2. The zero-order chi connectivity index (χ0) is 12.0. The third kappa shape index (κ3) is 3.68. The van der Waals surface area contributed by atoms with E-state index in [-0.39, 0.29) is 0 Å². The summed E-state index contributed by atoms with van der Waals surface area (Å²) in [6, 6.07) is 6.29. The van der Waals surface area contributed by atoms with Gasteiger partial charge in [0.15, 0.2) is 0 Å². The third-order valence-electron chi connectivity index (χ3n) is 1.60. The second kappa shape index (κ2) is 5.37. The van der Waals surface area contributed by atoms with Gasteiger partial charge in [0.1, 0.15) is 5.75 Å². The molecule has 0 aliphatic carbocycles. The van der Waals surface area contributed by atoms with Crippen LogP contribution in [0.3, 0.4) is 0 Å². The molecule has 0 radical (unpaired) electrons. The van der Waals surface area contributed by atoms with Gasteiger partial charge in [-0.1, -0.05) is 5.92 Å². The molecule has 1 rings (SSSR count). The number of carboxylic acid groups (broad SMARTS) is 1. The minimum Gasteiger partial charge on any atom is -0.478 e. The van der Waals surface area contributed by atoms with E-state index in [1.54, 1.807) is 12.1 Å². The molecule has 1 aromatic carbocycles. The molecule has 0 aliphatic rings. The van der Waals surface area contributed by atoms with E-state index < -0.39 is 11.9 Å². The number of carboxylic acids is 1. The van der Waals surface area contributed by atoms with Crippen LogP contribution in [0.15, 0.2) is 36.4 Å². The Morgan fingerprint density at radius 2 is 1.88 bits per heavy atom. The first kappa shape index (κ1) is 11.5. The Balaban J connectivity index is 2.64. The summed E-state index contributed by atoms with van der Waals surface area (Å²) in [6.45, 7) is 0. The molecule has 0 atom stereocenters. The van der Waals surface area contributed by atoms with Gasteiger partial charge in [-0.3, -0.25) is 0 Å². The zero-order valence-electron chi connectivity index (χ0n) is 8.21. The molecule has 0 fully saturated rings. The lowest BCUT2D eigenvalue weighted by molar-refractivity contribution is -0.133. The predicted octanol–water partition coefficient (Wildman–Crippen LogP) is 1.21. The molecule has 0 bridgehead atoms. The average Bonchev–Trinajstić information content (AvgIpc) is 2.27. The number of carbonyl (C=O) groups excluding carboxylic acids is 1. The summed E-state index contributed by atoms with van der Waals surface area (Å²) >= 11 is 0. The molecule has 0 saturated heterocycles. The van der Waals surface area contributed by atoms with Crippen LogP contribution in [0.4, 0.5) is 0 Å². The van der Waals surface area contributed by atoms with Crippen molar-refractivity contribution < 1.29 is 19.4 Å². The zero-order valence-corrected chi connectivity index (χ0v) is 8.21. The van der Waals surface area contributed by atoms with Crippen LogP contribution in [-0.4, -0.2) is 17.0 Å². The van der Waals surface area contributed by atoms with Gasteiger partial charge < -0.3 is 9.84 Å². The van der Waals surface area contributed by atoms with Crippen LogP contribution < -0.4 is 4.74 Å². The number of rotatable bonds is 3. The molecule has 0 heterocycles. The van der Waals surface area contributed by atoms with Crippen LogP contribution in [0.5, 0.6) is 5.75 Å². The molecule has 0 aromatic heterocycles. The Bertz CT molecular complexity index is 463. The van der Waals surface area contributed by atoms with E-state index in [4.69, 9.17) is 16.3 Å². The topological polar surface area (TPSA) is 63.6 Å². The van der Waals surface area contributed by atoms with Crippen LogP contribution in [0.1, 0.15) is 5.56 Å². The maximum Gasteiger partial charge on any atom is 0.336 e. The lowest BCUT2D eigenvalue weighted by atomic mass is 10.2. The molecule has 0 saturated carbocycles. The first-order valence-electron chi connectivity index (χ1n) is 4.31. The van der Waals surface area contributed by atoms with Gasteiger partial charge in [-0.15, -0.1) is 6.42 Å². The summed E-state index contributed by atoms with van der Waals surface area (Å²) in [5.74, 6) is 0.758. The minimum atomic E-state index is -1.21. The highest BCUT2D eigenvalue weighted by Crippen LogP contribution is 2.11. The summed E-state index contributed by atoms with van der Waals surface area (Å²) in [6.07, 6.45) is 6.69. The maximum atomic E-state index is 11.1. The Kier molecular flexibility index (Phi) is 3.87. The fourth-order valence-electron chi connectivity index (χ4n) is 0.909. The first-order valence-corrected chi connectivity index (χ1v) is 4.31. The predicted molar refractivity (Wildman–Crippen MR) is 56.8 cm³/mol. The van der Waals surface area contributed by atoms with Crippen LogP contribution in [-0.2, 0) is 9.59 Å². The lowest BCUT2D eigenvalue weighted by Crippen LogP contribution is -2.04. The molecule has 4 nitrogen and oxygen atoms in total. The molecular formula is C12H8O4. The number of benzene rings is 1. The van der Waals surface area contributed by atoms with Crippen molar-refractivity contribution in [3.8, 4) is 18.1 Å². The van der Waals surface area contributed by atoms with Crippen molar-refractivity contribution in [2.75, 3.05) is 0 Å². The monoisotopic (exact) mass is 216 g/mol. The van der Waals surface area contributed by atoms with Crippen molar-refractivity contribution in [2.45, 2.75) is 0 Å². The van der Waals surface area contributed by atoms with Gasteiger partial charge in [0.2, 0.25) is 0 Å². The van der Waals surface area contributed by atoms with Crippen LogP contribution in [0.2, 0.25) is 0 Å². The Hall–Kier alpha value is -2.54.